The minimum Gasteiger partial charge on any atom is -0.382 e. The molecule has 2 atom stereocenters. The van der Waals surface area contributed by atoms with E-state index in [4.69, 9.17) is 14.7 Å². The maximum atomic E-state index is 13.3. The first kappa shape index (κ1) is 16.6. The number of alkyl halides is 3. The molecular weight excluding hydrogens is 297 g/mol. The van der Waals surface area contributed by atoms with Crippen LogP contribution in [0.25, 0.3) is 0 Å². The summed E-state index contributed by atoms with van der Waals surface area (Å²) in [6.07, 6.45) is -5.00. The molecule has 0 N–H and O–H groups in total. The molecule has 7 heteroatoms. The second kappa shape index (κ2) is 6.55. The zero-order valence-electron chi connectivity index (χ0n) is 12.4. The van der Waals surface area contributed by atoms with Crippen LogP contribution in [0.1, 0.15) is 18.1 Å². The van der Waals surface area contributed by atoms with Crippen molar-refractivity contribution >= 4 is 5.69 Å². The number of rotatable bonds is 3. The van der Waals surface area contributed by atoms with Crippen LogP contribution in [-0.4, -0.2) is 39.0 Å². The molecule has 2 rings (SSSR count). The van der Waals surface area contributed by atoms with Crippen LogP contribution in [-0.2, 0) is 15.7 Å². The molecule has 1 fully saturated rings. The van der Waals surface area contributed by atoms with Gasteiger partial charge < -0.3 is 14.4 Å². The van der Waals surface area contributed by atoms with E-state index in [2.05, 4.69) is 0 Å². The Morgan fingerprint density at radius 1 is 1.41 bits per heavy atom. The first-order valence-corrected chi connectivity index (χ1v) is 6.86. The number of nitrogens with zero attached hydrogens (tertiary/aromatic N) is 2. The van der Waals surface area contributed by atoms with Gasteiger partial charge in [0.15, 0.2) is 0 Å². The maximum Gasteiger partial charge on any atom is 0.418 e. The number of morpholine rings is 1. The van der Waals surface area contributed by atoms with Gasteiger partial charge >= 0.3 is 6.18 Å². The number of hydrogen-bond donors (Lipinski definition) is 0. The standard InChI is InChI=1S/C15H17F3N2O2/c1-10-7-20(8-12(22-10)9-21-2)14-4-3-11(6-19)5-13(14)15(16,17)18/h3-5,10,12H,7-9H2,1-2H3. The van der Waals surface area contributed by atoms with E-state index in [1.807, 2.05) is 6.92 Å². The predicted molar refractivity (Wildman–Crippen MR) is 74.6 cm³/mol. The fourth-order valence-corrected chi connectivity index (χ4v) is 2.63. The van der Waals surface area contributed by atoms with E-state index in [-0.39, 0.29) is 23.5 Å². The number of ether oxygens (including phenoxy) is 2. The van der Waals surface area contributed by atoms with Crippen LogP contribution in [0.3, 0.4) is 0 Å². The summed E-state index contributed by atoms with van der Waals surface area (Å²) in [5.74, 6) is 0. The van der Waals surface area contributed by atoms with Crippen LogP contribution >= 0.6 is 0 Å². The van der Waals surface area contributed by atoms with Crippen molar-refractivity contribution in [2.24, 2.45) is 0 Å². The molecule has 1 heterocycles. The van der Waals surface area contributed by atoms with Crippen molar-refractivity contribution in [1.29, 1.82) is 5.26 Å². The molecule has 1 aliphatic heterocycles. The molecule has 0 spiro atoms. The Balaban J connectivity index is 2.36. The topological polar surface area (TPSA) is 45.5 Å². The van der Waals surface area contributed by atoms with Gasteiger partial charge in [0.25, 0.3) is 0 Å². The van der Waals surface area contributed by atoms with Gasteiger partial charge in [0, 0.05) is 25.9 Å². The Morgan fingerprint density at radius 2 is 2.14 bits per heavy atom. The summed E-state index contributed by atoms with van der Waals surface area (Å²) in [5.41, 5.74) is -0.731. The highest BCUT2D eigenvalue weighted by Gasteiger charge is 2.37. The van der Waals surface area contributed by atoms with Crippen molar-refractivity contribution in [2.45, 2.75) is 25.3 Å². The lowest BCUT2D eigenvalue weighted by Crippen LogP contribution is -2.48. The lowest BCUT2D eigenvalue weighted by atomic mass is 10.1. The monoisotopic (exact) mass is 314 g/mol. The summed E-state index contributed by atoms with van der Waals surface area (Å²) >= 11 is 0. The highest BCUT2D eigenvalue weighted by atomic mass is 19.4. The zero-order chi connectivity index (χ0) is 16.3. The van der Waals surface area contributed by atoms with E-state index in [1.165, 1.54) is 19.2 Å². The van der Waals surface area contributed by atoms with Gasteiger partial charge in [-0.1, -0.05) is 0 Å². The lowest BCUT2D eigenvalue weighted by molar-refractivity contribution is -0.137. The van der Waals surface area contributed by atoms with Gasteiger partial charge in [0.2, 0.25) is 0 Å². The SMILES string of the molecule is COCC1CN(c2ccc(C#N)cc2C(F)(F)F)CC(C)O1. The van der Waals surface area contributed by atoms with Gasteiger partial charge in [0.1, 0.15) is 0 Å². The van der Waals surface area contributed by atoms with Gasteiger partial charge in [0.05, 0.1) is 36.0 Å². The zero-order valence-corrected chi connectivity index (χ0v) is 12.4. The van der Waals surface area contributed by atoms with Crippen LogP contribution in [0, 0.1) is 11.3 Å². The number of anilines is 1. The van der Waals surface area contributed by atoms with E-state index in [0.29, 0.717) is 19.7 Å². The van der Waals surface area contributed by atoms with E-state index < -0.39 is 11.7 Å². The van der Waals surface area contributed by atoms with Gasteiger partial charge in [-0.3, -0.25) is 0 Å². The largest absolute Gasteiger partial charge is 0.418 e. The molecule has 1 aromatic rings. The normalized spacial score (nSPS) is 22.5. The van der Waals surface area contributed by atoms with Crippen molar-refractivity contribution < 1.29 is 22.6 Å². The second-order valence-corrected chi connectivity index (χ2v) is 5.27. The third-order valence-electron chi connectivity index (χ3n) is 3.45. The van der Waals surface area contributed by atoms with Crippen LogP contribution in [0.5, 0.6) is 0 Å². The summed E-state index contributed by atoms with van der Waals surface area (Å²) in [7, 11) is 1.52. The molecule has 0 radical (unpaired) electrons. The Morgan fingerprint density at radius 3 is 2.73 bits per heavy atom. The van der Waals surface area contributed by atoms with Crippen LogP contribution in [0.2, 0.25) is 0 Å². The van der Waals surface area contributed by atoms with Crippen LogP contribution in [0.4, 0.5) is 18.9 Å². The molecule has 4 nitrogen and oxygen atoms in total. The first-order chi connectivity index (χ1) is 10.3. The molecule has 1 aromatic carbocycles. The Hall–Kier alpha value is -1.78. The highest BCUT2D eigenvalue weighted by molar-refractivity contribution is 5.58. The van der Waals surface area contributed by atoms with Crippen LogP contribution < -0.4 is 4.90 Å². The van der Waals surface area contributed by atoms with Crippen molar-refractivity contribution in [3.05, 3.63) is 29.3 Å². The number of benzene rings is 1. The Bertz CT molecular complexity index is 569. The quantitative estimate of drug-likeness (QED) is 0.860. The van der Waals surface area contributed by atoms with E-state index in [0.717, 1.165) is 6.07 Å². The van der Waals surface area contributed by atoms with E-state index in [1.54, 1.807) is 11.0 Å². The minimum absolute atomic E-state index is 0.00850. The number of methoxy groups -OCH3 is 1. The summed E-state index contributed by atoms with van der Waals surface area (Å²) < 4.78 is 50.5. The molecule has 2 unspecified atom stereocenters. The Kier molecular flexibility index (Phi) is 4.94. The lowest BCUT2D eigenvalue weighted by Gasteiger charge is -2.39. The molecule has 22 heavy (non-hydrogen) atoms. The number of halogens is 3. The summed E-state index contributed by atoms with van der Waals surface area (Å²) in [5, 5.41) is 8.82. The minimum atomic E-state index is -4.51. The maximum absolute atomic E-state index is 13.3. The van der Waals surface area contributed by atoms with Gasteiger partial charge in [-0.05, 0) is 25.1 Å². The fraction of sp³-hybridized carbons (Fsp3) is 0.533. The third kappa shape index (κ3) is 3.70. The number of nitriles is 1. The van der Waals surface area contributed by atoms with Crippen molar-refractivity contribution in [3.63, 3.8) is 0 Å². The van der Waals surface area contributed by atoms with Gasteiger partial charge in [-0.2, -0.15) is 18.4 Å². The molecular formula is C15H17F3N2O2. The molecule has 1 aliphatic rings. The fourth-order valence-electron chi connectivity index (χ4n) is 2.63. The molecule has 0 aliphatic carbocycles. The van der Waals surface area contributed by atoms with Gasteiger partial charge in [-0.15, -0.1) is 0 Å². The average Bonchev–Trinajstić information content (AvgIpc) is 2.45. The van der Waals surface area contributed by atoms with Crippen molar-refractivity contribution in [3.8, 4) is 6.07 Å². The van der Waals surface area contributed by atoms with E-state index >= 15 is 0 Å². The molecule has 0 amide bonds. The molecule has 120 valence electrons. The summed E-state index contributed by atoms with van der Waals surface area (Å²) in [4.78, 5) is 1.64. The average molecular weight is 314 g/mol. The molecule has 0 aromatic heterocycles. The van der Waals surface area contributed by atoms with Crippen LogP contribution in [0.15, 0.2) is 18.2 Å². The predicted octanol–water partition coefficient (Wildman–Crippen LogP) is 2.82. The molecule has 1 saturated heterocycles. The highest BCUT2D eigenvalue weighted by Crippen LogP contribution is 2.38. The smallest absolute Gasteiger partial charge is 0.382 e. The van der Waals surface area contributed by atoms with Gasteiger partial charge in [-0.25, -0.2) is 0 Å². The molecule has 0 bridgehead atoms. The Labute approximate surface area is 127 Å². The summed E-state index contributed by atoms with van der Waals surface area (Å²) in [6, 6.07) is 5.38. The van der Waals surface area contributed by atoms with Crippen molar-refractivity contribution in [1.82, 2.24) is 0 Å². The first-order valence-electron chi connectivity index (χ1n) is 6.86. The summed E-state index contributed by atoms with van der Waals surface area (Å²) in [6.45, 7) is 2.80. The van der Waals surface area contributed by atoms with Crippen molar-refractivity contribution in [2.75, 3.05) is 31.7 Å². The van der Waals surface area contributed by atoms with E-state index in [9.17, 15) is 13.2 Å². The molecule has 0 saturated carbocycles. The second-order valence-electron chi connectivity index (χ2n) is 5.27. The third-order valence-corrected chi connectivity index (χ3v) is 3.45. The number of hydrogen-bond acceptors (Lipinski definition) is 4.